The monoisotopic (exact) mass is 317 g/mol. The van der Waals surface area contributed by atoms with Crippen LogP contribution in [0.2, 0.25) is 0 Å². The molecule has 1 aromatic heterocycles. The zero-order chi connectivity index (χ0) is 16.2. The Morgan fingerprint density at radius 3 is 3.09 bits per heavy atom. The van der Waals surface area contributed by atoms with Crippen LogP contribution in [0.15, 0.2) is 34.9 Å². The molecule has 1 aliphatic heterocycles. The molecule has 124 valence electrons. The first-order chi connectivity index (χ1) is 11.1. The highest BCUT2D eigenvalue weighted by Gasteiger charge is 2.23. The molecule has 1 atom stereocenters. The average Bonchev–Trinajstić information content (AvgIpc) is 2.90. The fraction of sp³-hybridized carbons (Fsp3) is 0.471. The van der Waals surface area contributed by atoms with E-state index >= 15 is 0 Å². The van der Waals surface area contributed by atoms with Crippen LogP contribution < -0.4 is 5.73 Å². The van der Waals surface area contributed by atoms with Gasteiger partial charge in [0.2, 0.25) is 5.91 Å². The highest BCUT2D eigenvalue weighted by Crippen LogP contribution is 2.22. The quantitative estimate of drug-likeness (QED) is 0.862. The minimum atomic E-state index is -0.315. The van der Waals surface area contributed by atoms with E-state index in [-0.39, 0.29) is 18.6 Å². The summed E-state index contributed by atoms with van der Waals surface area (Å²) in [7, 11) is 1.89. The number of carbonyl (C=O) groups is 1. The number of para-hydroxylation sites is 1. The fourth-order valence-electron chi connectivity index (χ4n) is 3.11. The Hall–Kier alpha value is -1.89. The second-order valence-corrected chi connectivity index (χ2v) is 6.15. The van der Waals surface area contributed by atoms with Gasteiger partial charge in [-0.25, -0.2) is 0 Å². The number of ether oxygens (including phenoxy) is 1. The summed E-state index contributed by atoms with van der Waals surface area (Å²) < 4.78 is 11.4. The molecule has 2 heterocycles. The Bertz CT molecular complexity index is 670. The van der Waals surface area contributed by atoms with Crippen LogP contribution in [0.3, 0.4) is 0 Å². The van der Waals surface area contributed by atoms with E-state index < -0.39 is 0 Å². The van der Waals surface area contributed by atoms with Crippen LogP contribution in [-0.2, 0) is 16.1 Å². The smallest absolute Gasteiger partial charge is 0.231 e. The number of carbonyl (C=O) groups excluding carboxylic acids is 1. The minimum Gasteiger partial charge on any atom is -0.464 e. The van der Waals surface area contributed by atoms with Crippen molar-refractivity contribution >= 4 is 16.9 Å². The summed E-state index contributed by atoms with van der Waals surface area (Å²) in [6.45, 7) is 4.23. The fourth-order valence-corrected chi connectivity index (χ4v) is 3.11. The molecular formula is C17H23N3O3. The predicted octanol–water partition coefficient (Wildman–Crippen LogP) is 1.05. The standard InChI is InChI=1S/C17H23N3O3/c1-19(11-17(18)21)9-14-10-20(6-7-22-14)8-13-12-23-16-5-3-2-4-15(13)16/h2-5,12,14H,6-11H2,1H3,(H2,18,21)/t14-/m0/s1. The third-order valence-corrected chi connectivity index (χ3v) is 4.12. The SMILES string of the molecule is CN(CC(N)=O)C[C@H]1CN(Cc2coc3ccccc23)CCO1. The molecule has 0 aliphatic carbocycles. The molecular weight excluding hydrogens is 294 g/mol. The van der Waals surface area contributed by atoms with Crippen molar-refractivity contribution in [3.05, 3.63) is 36.1 Å². The number of benzene rings is 1. The van der Waals surface area contributed by atoms with Crippen LogP contribution in [0, 0.1) is 0 Å². The van der Waals surface area contributed by atoms with Gasteiger partial charge < -0.3 is 14.9 Å². The Morgan fingerprint density at radius 2 is 2.26 bits per heavy atom. The molecule has 1 saturated heterocycles. The molecule has 0 bridgehead atoms. The van der Waals surface area contributed by atoms with Gasteiger partial charge in [-0.05, 0) is 13.1 Å². The Balaban J connectivity index is 1.59. The number of nitrogens with two attached hydrogens (primary N) is 1. The number of hydrogen-bond acceptors (Lipinski definition) is 5. The molecule has 3 rings (SSSR count). The highest BCUT2D eigenvalue weighted by atomic mass is 16.5. The molecule has 6 heteroatoms. The average molecular weight is 317 g/mol. The van der Waals surface area contributed by atoms with Crippen molar-refractivity contribution in [3.8, 4) is 0 Å². The van der Waals surface area contributed by atoms with E-state index in [2.05, 4.69) is 11.0 Å². The zero-order valence-corrected chi connectivity index (χ0v) is 13.4. The van der Waals surface area contributed by atoms with Crippen molar-refractivity contribution in [1.29, 1.82) is 0 Å². The summed E-state index contributed by atoms with van der Waals surface area (Å²) in [6.07, 6.45) is 1.93. The van der Waals surface area contributed by atoms with E-state index in [1.165, 1.54) is 10.9 Å². The second kappa shape index (κ2) is 7.12. The van der Waals surface area contributed by atoms with Gasteiger partial charge in [0.15, 0.2) is 0 Å². The third kappa shape index (κ3) is 4.10. The topological polar surface area (TPSA) is 71.9 Å². The number of furan rings is 1. The predicted molar refractivity (Wildman–Crippen MR) is 87.9 cm³/mol. The molecule has 6 nitrogen and oxygen atoms in total. The first-order valence-corrected chi connectivity index (χ1v) is 7.87. The van der Waals surface area contributed by atoms with E-state index in [1.807, 2.05) is 36.4 Å². The molecule has 2 N–H and O–H groups in total. The van der Waals surface area contributed by atoms with Gasteiger partial charge in [-0.15, -0.1) is 0 Å². The van der Waals surface area contributed by atoms with Gasteiger partial charge in [-0.3, -0.25) is 14.6 Å². The Labute approximate surface area is 135 Å². The normalized spacial score (nSPS) is 19.5. The Kier molecular flexibility index (Phi) is 4.95. The largest absolute Gasteiger partial charge is 0.464 e. The minimum absolute atomic E-state index is 0.0891. The van der Waals surface area contributed by atoms with Crippen LogP contribution in [0.1, 0.15) is 5.56 Å². The highest BCUT2D eigenvalue weighted by molar-refractivity contribution is 5.80. The maximum atomic E-state index is 11.0. The lowest BCUT2D eigenvalue weighted by molar-refractivity contribution is -0.119. The van der Waals surface area contributed by atoms with Gasteiger partial charge in [0, 0.05) is 37.1 Å². The maximum Gasteiger partial charge on any atom is 0.231 e. The number of morpholine rings is 1. The van der Waals surface area contributed by atoms with E-state index in [4.69, 9.17) is 14.9 Å². The van der Waals surface area contributed by atoms with Crippen molar-refractivity contribution < 1.29 is 13.9 Å². The van der Waals surface area contributed by atoms with E-state index in [9.17, 15) is 4.79 Å². The number of primary amides is 1. The number of nitrogens with zero attached hydrogens (tertiary/aromatic N) is 2. The molecule has 0 radical (unpaired) electrons. The van der Waals surface area contributed by atoms with Gasteiger partial charge in [0.05, 0.1) is 25.5 Å². The number of likely N-dealkylation sites (N-methyl/N-ethyl adjacent to an activating group) is 1. The number of hydrogen-bond donors (Lipinski definition) is 1. The molecule has 1 fully saturated rings. The summed E-state index contributed by atoms with van der Waals surface area (Å²) in [6, 6.07) is 8.09. The summed E-state index contributed by atoms with van der Waals surface area (Å²) in [5.41, 5.74) is 7.35. The molecule has 2 aromatic rings. The molecule has 1 aromatic carbocycles. The van der Waals surface area contributed by atoms with Crippen molar-refractivity contribution in [2.24, 2.45) is 5.73 Å². The first-order valence-electron chi connectivity index (χ1n) is 7.87. The lowest BCUT2D eigenvalue weighted by Gasteiger charge is -2.34. The summed E-state index contributed by atoms with van der Waals surface area (Å²) in [4.78, 5) is 15.2. The van der Waals surface area contributed by atoms with Crippen molar-refractivity contribution in [3.63, 3.8) is 0 Å². The van der Waals surface area contributed by atoms with Gasteiger partial charge in [-0.1, -0.05) is 18.2 Å². The summed E-state index contributed by atoms with van der Waals surface area (Å²) in [5, 5.41) is 1.17. The van der Waals surface area contributed by atoms with Crippen LogP contribution in [-0.4, -0.2) is 61.6 Å². The van der Waals surface area contributed by atoms with Gasteiger partial charge in [-0.2, -0.15) is 0 Å². The lowest BCUT2D eigenvalue weighted by atomic mass is 10.1. The summed E-state index contributed by atoms with van der Waals surface area (Å²) >= 11 is 0. The number of rotatable bonds is 6. The lowest BCUT2D eigenvalue weighted by Crippen LogP contribution is -2.47. The van der Waals surface area contributed by atoms with Gasteiger partial charge in [0.1, 0.15) is 5.58 Å². The van der Waals surface area contributed by atoms with Crippen LogP contribution >= 0.6 is 0 Å². The molecule has 1 aliphatic rings. The van der Waals surface area contributed by atoms with Crippen molar-refractivity contribution in [1.82, 2.24) is 9.80 Å². The molecule has 1 amide bonds. The Morgan fingerprint density at radius 1 is 1.43 bits per heavy atom. The molecule has 23 heavy (non-hydrogen) atoms. The van der Waals surface area contributed by atoms with Gasteiger partial charge in [0.25, 0.3) is 0 Å². The number of amides is 1. The van der Waals surface area contributed by atoms with Crippen LogP contribution in [0.25, 0.3) is 11.0 Å². The van der Waals surface area contributed by atoms with Crippen LogP contribution in [0.4, 0.5) is 0 Å². The molecule has 0 unspecified atom stereocenters. The van der Waals surface area contributed by atoms with E-state index in [0.717, 1.165) is 25.2 Å². The third-order valence-electron chi connectivity index (χ3n) is 4.12. The first kappa shape index (κ1) is 16.0. The summed E-state index contributed by atoms with van der Waals surface area (Å²) in [5.74, 6) is -0.315. The van der Waals surface area contributed by atoms with Crippen LogP contribution in [0.5, 0.6) is 0 Å². The number of fused-ring (bicyclic) bond motifs is 1. The van der Waals surface area contributed by atoms with Gasteiger partial charge >= 0.3 is 0 Å². The molecule has 0 saturated carbocycles. The zero-order valence-electron chi connectivity index (χ0n) is 13.4. The van der Waals surface area contributed by atoms with Crippen molar-refractivity contribution in [2.45, 2.75) is 12.6 Å². The van der Waals surface area contributed by atoms with Crippen molar-refractivity contribution in [2.75, 3.05) is 39.8 Å². The van der Waals surface area contributed by atoms with E-state index in [1.54, 1.807) is 0 Å². The molecule has 0 spiro atoms. The maximum absolute atomic E-state index is 11.0. The second-order valence-electron chi connectivity index (χ2n) is 6.15. The van der Waals surface area contributed by atoms with E-state index in [0.29, 0.717) is 13.2 Å².